The highest BCUT2D eigenvalue weighted by molar-refractivity contribution is 6.34. The molecule has 2 amide bonds. The van der Waals surface area contributed by atoms with Crippen molar-refractivity contribution in [3.05, 3.63) is 63.2 Å². The molecular formula is C18H16ClN3O4. The standard InChI is InChI=1S/C18H16ClN3O4/c1-11-4-2-3-5-16(11)21-10-12(8-17(21)23)18(24)20-15-7-6-13(22(25)26)9-14(15)19/h2-7,9,12H,8,10H2,1H3,(H,20,24)/t12-/m0/s1. The normalized spacial score (nSPS) is 16.6. The highest BCUT2D eigenvalue weighted by atomic mass is 35.5. The Labute approximate surface area is 154 Å². The number of rotatable bonds is 4. The first kappa shape index (κ1) is 17.9. The van der Waals surface area contributed by atoms with Gasteiger partial charge in [-0.05, 0) is 24.6 Å². The predicted molar refractivity (Wildman–Crippen MR) is 98.4 cm³/mol. The van der Waals surface area contributed by atoms with E-state index < -0.39 is 10.8 Å². The SMILES string of the molecule is Cc1ccccc1N1C[C@@H](C(=O)Nc2ccc([N+](=O)[O-])cc2Cl)CC1=O. The molecule has 0 radical (unpaired) electrons. The molecule has 26 heavy (non-hydrogen) atoms. The van der Waals surface area contributed by atoms with Crippen LogP contribution in [0, 0.1) is 23.0 Å². The van der Waals surface area contributed by atoms with Gasteiger partial charge in [-0.25, -0.2) is 0 Å². The van der Waals surface area contributed by atoms with Crippen molar-refractivity contribution in [1.29, 1.82) is 0 Å². The molecular weight excluding hydrogens is 358 g/mol. The van der Waals surface area contributed by atoms with Gasteiger partial charge >= 0.3 is 0 Å². The Morgan fingerprint density at radius 2 is 2.04 bits per heavy atom. The minimum Gasteiger partial charge on any atom is -0.324 e. The number of non-ortho nitro benzene ring substituents is 1. The summed E-state index contributed by atoms with van der Waals surface area (Å²) in [5.74, 6) is -0.979. The van der Waals surface area contributed by atoms with Crippen molar-refractivity contribution in [3.63, 3.8) is 0 Å². The number of halogens is 1. The highest BCUT2D eigenvalue weighted by Gasteiger charge is 2.35. The second-order valence-electron chi connectivity index (χ2n) is 6.10. The van der Waals surface area contributed by atoms with Crippen LogP contribution in [0.15, 0.2) is 42.5 Å². The van der Waals surface area contributed by atoms with Crippen molar-refractivity contribution in [2.75, 3.05) is 16.8 Å². The van der Waals surface area contributed by atoms with Gasteiger partial charge in [-0.2, -0.15) is 0 Å². The molecule has 3 rings (SSSR count). The molecule has 1 aliphatic heterocycles. The summed E-state index contributed by atoms with van der Waals surface area (Å²) in [6.45, 7) is 2.19. The lowest BCUT2D eigenvalue weighted by Crippen LogP contribution is -2.28. The zero-order chi connectivity index (χ0) is 18.8. The van der Waals surface area contributed by atoms with E-state index in [2.05, 4.69) is 5.32 Å². The average Bonchev–Trinajstić information content (AvgIpc) is 2.98. The first-order chi connectivity index (χ1) is 12.4. The van der Waals surface area contributed by atoms with Crippen LogP contribution in [0.4, 0.5) is 17.1 Å². The number of carbonyl (C=O) groups is 2. The molecule has 1 N–H and O–H groups in total. The number of anilines is 2. The molecule has 2 aromatic carbocycles. The zero-order valence-corrected chi connectivity index (χ0v) is 14.7. The first-order valence-corrected chi connectivity index (χ1v) is 8.35. The van der Waals surface area contributed by atoms with E-state index in [1.807, 2.05) is 31.2 Å². The van der Waals surface area contributed by atoms with Gasteiger partial charge in [-0.1, -0.05) is 29.8 Å². The van der Waals surface area contributed by atoms with Gasteiger partial charge in [-0.15, -0.1) is 0 Å². The van der Waals surface area contributed by atoms with Crippen molar-refractivity contribution in [2.45, 2.75) is 13.3 Å². The molecule has 1 fully saturated rings. The Kier molecular flexibility index (Phi) is 4.90. The number of hydrogen-bond acceptors (Lipinski definition) is 4. The Hall–Kier alpha value is -2.93. The lowest BCUT2D eigenvalue weighted by atomic mass is 10.1. The summed E-state index contributed by atoms with van der Waals surface area (Å²) in [5.41, 5.74) is 1.88. The number of para-hydroxylation sites is 1. The van der Waals surface area contributed by atoms with Gasteiger partial charge in [-0.3, -0.25) is 19.7 Å². The summed E-state index contributed by atoms with van der Waals surface area (Å²) in [7, 11) is 0. The molecule has 0 unspecified atom stereocenters. The van der Waals surface area contributed by atoms with Crippen LogP contribution in [0.1, 0.15) is 12.0 Å². The Morgan fingerprint density at radius 3 is 2.69 bits per heavy atom. The fourth-order valence-electron chi connectivity index (χ4n) is 2.94. The summed E-state index contributed by atoms with van der Waals surface area (Å²) < 4.78 is 0. The van der Waals surface area contributed by atoms with Crippen LogP contribution >= 0.6 is 11.6 Å². The molecule has 2 aromatic rings. The lowest BCUT2D eigenvalue weighted by molar-refractivity contribution is -0.384. The van der Waals surface area contributed by atoms with Crippen molar-refractivity contribution >= 4 is 40.5 Å². The van der Waals surface area contributed by atoms with Crippen molar-refractivity contribution in [3.8, 4) is 0 Å². The van der Waals surface area contributed by atoms with Crippen LogP contribution in [0.3, 0.4) is 0 Å². The molecule has 7 nitrogen and oxygen atoms in total. The van der Waals surface area contributed by atoms with E-state index in [0.29, 0.717) is 0 Å². The van der Waals surface area contributed by atoms with Crippen molar-refractivity contribution in [1.82, 2.24) is 0 Å². The van der Waals surface area contributed by atoms with Crippen LogP contribution in [0.2, 0.25) is 5.02 Å². The molecule has 0 saturated carbocycles. The van der Waals surface area contributed by atoms with Crippen LogP contribution < -0.4 is 10.2 Å². The summed E-state index contributed by atoms with van der Waals surface area (Å²) in [6.07, 6.45) is 0.102. The number of amides is 2. The van der Waals surface area contributed by atoms with Crippen LogP contribution in [-0.4, -0.2) is 23.3 Å². The lowest BCUT2D eigenvalue weighted by Gasteiger charge is -2.19. The summed E-state index contributed by atoms with van der Waals surface area (Å²) in [4.78, 5) is 36.6. The fraction of sp³-hybridized carbons (Fsp3) is 0.222. The number of carbonyl (C=O) groups excluding carboxylic acids is 2. The first-order valence-electron chi connectivity index (χ1n) is 7.97. The Bertz CT molecular complexity index is 900. The van der Waals surface area contributed by atoms with E-state index in [1.165, 1.54) is 18.2 Å². The fourth-order valence-corrected chi connectivity index (χ4v) is 3.16. The molecule has 134 valence electrons. The molecule has 1 aliphatic rings. The van der Waals surface area contributed by atoms with Gasteiger partial charge in [0.05, 0.1) is 21.6 Å². The third-order valence-electron chi connectivity index (χ3n) is 4.32. The van der Waals surface area contributed by atoms with Gasteiger partial charge in [0.25, 0.3) is 5.69 Å². The number of nitrogens with zero attached hydrogens (tertiary/aromatic N) is 2. The monoisotopic (exact) mass is 373 g/mol. The number of hydrogen-bond donors (Lipinski definition) is 1. The zero-order valence-electron chi connectivity index (χ0n) is 13.9. The topological polar surface area (TPSA) is 92.6 Å². The van der Waals surface area contributed by atoms with E-state index >= 15 is 0 Å². The molecule has 0 aromatic heterocycles. The Balaban J connectivity index is 1.73. The maximum Gasteiger partial charge on any atom is 0.271 e. The smallest absolute Gasteiger partial charge is 0.271 e. The van der Waals surface area contributed by atoms with E-state index in [-0.39, 0.29) is 41.2 Å². The van der Waals surface area contributed by atoms with Gasteiger partial charge in [0.15, 0.2) is 0 Å². The molecule has 0 aliphatic carbocycles. The minimum absolute atomic E-state index is 0.0765. The van der Waals surface area contributed by atoms with E-state index in [4.69, 9.17) is 11.6 Å². The maximum absolute atomic E-state index is 12.5. The van der Waals surface area contributed by atoms with E-state index in [0.717, 1.165) is 11.3 Å². The molecule has 1 atom stereocenters. The maximum atomic E-state index is 12.5. The predicted octanol–water partition coefficient (Wildman–Crippen LogP) is 3.55. The number of nitro groups is 1. The minimum atomic E-state index is -0.562. The summed E-state index contributed by atoms with van der Waals surface area (Å²) in [5, 5.41) is 13.5. The second kappa shape index (κ2) is 7.13. The van der Waals surface area contributed by atoms with Crippen molar-refractivity contribution < 1.29 is 14.5 Å². The third-order valence-corrected chi connectivity index (χ3v) is 4.64. The van der Waals surface area contributed by atoms with Crippen LogP contribution in [0.25, 0.3) is 0 Å². The average molecular weight is 374 g/mol. The van der Waals surface area contributed by atoms with E-state index in [9.17, 15) is 19.7 Å². The quantitative estimate of drug-likeness (QED) is 0.655. The van der Waals surface area contributed by atoms with Gasteiger partial charge in [0, 0.05) is 30.8 Å². The van der Waals surface area contributed by atoms with E-state index in [1.54, 1.807) is 4.90 Å². The van der Waals surface area contributed by atoms with Gasteiger partial charge in [0.2, 0.25) is 11.8 Å². The largest absolute Gasteiger partial charge is 0.324 e. The number of aryl methyl sites for hydroxylation is 1. The summed E-state index contributed by atoms with van der Waals surface area (Å²) in [6, 6.07) is 11.3. The van der Waals surface area contributed by atoms with Gasteiger partial charge < -0.3 is 10.2 Å². The van der Waals surface area contributed by atoms with Crippen LogP contribution in [-0.2, 0) is 9.59 Å². The molecule has 8 heteroatoms. The van der Waals surface area contributed by atoms with Crippen molar-refractivity contribution in [2.24, 2.45) is 5.92 Å². The highest BCUT2D eigenvalue weighted by Crippen LogP contribution is 2.30. The number of benzene rings is 2. The molecule has 0 bridgehead atoms. The Morgan fingerprint density at radius 1 is 1.31 bits per heavy atom. The summed E-state index contributed by atoms with van der Waals surface area (Å²) >= 11 is 6.00. The van der Waals surface area contributed by atoms with Crippen LogP contribution in [0.5, 0.6) is 0 Å². The number of nitro benzene ring substituents is 1. The van der Waals surface area contributed by atoms with Gasteiger partial charge in [0.1, 0.15) is 0 Å². The second-order valence-corrected chi connectivity index (χ2v) is 6.51. The third kappa shape index (κ3) is 3.52. The number of nitrogens with one attached hydrogen (secondary N) is 1. The molecule has 1 saturated heterocycles. The molecule has 1 heterocycles. The molecule has 0 spiro atoms.